The zero-order valence-corrected chi connectivity index (χ0v) is 7.31. The molecule has 66 valence electrons. The molecule has 0 aromatic heterocycles. The minimum absolute atomic E-state index is 0.258. The molecule has 1 rings (SSSR count). The standard InChI is InChI=1S/C7H14O3S/c8-2-4-11-5-7-1-3-9-6-10-7/h7-8H,1-6H2. The first-order valence-electron chi connectivity index (χ1n) is 3.81. The molecule has 0 spiro atoms. The molecular weight excluding hydrogens is 164 g/mol. The monoisotopic (exact) mass is 178 g/mol. The molecule has 0 saturated carbocycles. The van der Waals surface area contributed by atoms with Gasteiger partial charge in [-0.3, -0.25) is 0 Å². The van der Waals surface area contributed by atoms with Crippen molar-refractivity contribution in [1.82, 2.24) is 0 Å². The zero-order chi connectivity index (χ0) is 7.94. The Kier molecular flexibility index (Phi) is 4.94. The van der Waals surface area contributed by atoms with E-state index < -0.39 is 0 Å². The summed E-state index contributed by atoms with van der Waals surface area (Å²) in [6.45, 7) is 1.50. The summed E-state index contributed by atoms with van der Waals surface area (Å²) in [7, 11) is 0. The van der Waals surface area contributed by atoms with Crippen LogP contribution in [0, 0.1) is 0 Å². The fraction of sp³-hybridized carbons (Fsp3) is 1.00. The van der Waals surface area contributed by atoms with Crippen LogP contribution < -0.4 is 0 Å². The van der Waals surface area contributed by atoms with Crippen molar-refractivity contribution in [2.45, 2.75) is 12.5 Å². The third kappa shape index (κ3) is 3.96. The van der Waals surface area contributed by atoms with E-state index >= 15 is 0 Å². The summed E-state index contributed by atoms with van der Waals surface area (Å²) in [5, 5.41) is 8.51. The van der Waals surface area contributed by atoms with Gasteiger partial charge in [-0.05, 0) is 6.42 Å². The first-order valence-corrected chi connectivity index (χ1v) is 4.97. The van der Waals surface area contributed by atoms with E-state index in [1.165, 1.54) is 0 Å². The third-order valence-electron chi connectivity index (χ3n) is 1.51. The van der Waals surface area contributed by atoms with Gasteiger partial charge in [0.1, 0.15) is 6.79 Å². The lowest BCUT2D eigenvalue weighted by Crippen LogP contribution is -2.25. The normalized spacial score (nSPS) is 25.4. The Hall–Kier alpha value is 0.230. The van der Waals surface area contributed by atoms with Crippen molar-refractivity contribution in [3.05, 3.63) is 0 Å². The van der Waals surface area contributed by atoms with Crippen molar-refractivity contribution < 1.29 is 14.6 Å². The smallest absolute Gasteiger partial charge is 0.147 e. The van der Waals surface area contributed by atoms with Crippen LogP contribution in [0.2, 0.25) is 0 Å². The number of rotatable bonds is 4. The fourth-order valence-electron chi connectivity index (χ4n) is 0.912. The maximum absolute atomic E-state index is 8.51. The van der Waals surface area contributed by atoms with Crippen LogP contribution in [0.4, 0.5) is 0 Å². The lowest BCUT2D eigenvalue weighted by atomic mass is 10.3. The number of hydrogen-bond acceptors (Lipinski definition) is 4. The molecule has 1 aliphatic rings. The highest BCUT2D eigenvalue weighted by molar-refractivity contribution is 7.99. The summed E-state index contributed by atoms with van der Waals surface area (Å²) < 4.78 is 10.3. The number of aliphatic hydroxyl groups is 1. The topological polar surface area (TPSA) is 38.7 Å². The second-order valence-electron chi connectivity index (χ2n) is 2.40. The molecule has 0 aromatic rings. The molecule has 1 aliphatic heterocycles. The first kappa shape index (κ1) is 9.32. The molecule has 0 aromatic carbocycles. The molecule has 11 heavy (non-hydrogen) atoms. The second-order valence-corrected chi connectivity index (χ2v) is 3.55. The molecule has 3 nitrogen and oxygen atoms in total. The zero-order valence-electron chi connectivity index (χ0n) is 6.49. The van der Waals surface area contributed by atoms with Crippen molar-refractivity contribution in [2.24, 2.45) is 0 Å². The molecule has 0 aliphatic carbocycles. The molecule has 1 saturated heterocycles. The number of ether oxygens (including phenoxy) is 2. The molecule has 1 N–H and O–H groups in total. The average molecular weight is 178 g/mol. The SMILES string of the molecule is OCCSCC1CCOCO1. The molecular formula is C7H14O3S. The van der Waals surface area contributed by atoms with Crippen molar-refractivity contribution in [3.8, 4) is 0 Å². The van der Waals surface area contributed by atoms with Gasteiger partial charge in [0.05, 0.1) is 19.3 Å². The Morgan fingerprint density at radius 3 is 3.09 bits per heavy atom. The number of hydrogen-bond donors (Lipinski definition) is 1. The third-order valence-corrected chi connectivity index (χ3v) is 2.59. The van der Waals surface area contributed by atoms with Crippen LogP contribution in [0.25, 0.3) is 0 Å². The Balaban J connectivity index is 1.96. The van der Waals surface area contributed by atoms with Crippen molar-refractivity contribution in [2.75, 3.05) is 31.5 Å². The van der Waals surface area contributed by atoms with Crippen molar-refractivity contribution >= 4 is 11.8 Å². The van der Waals surface area contributed by atoms with Crippen LogP contribution in [-0.4, -0.2) is 42.7 Å². The fourth-order valence-corrected chi connectivity index (χ4v) is 1.73. The molecule has 4 heteroatoms. The largest absolute Gasteiger partial charge is 0.396 e. The summed E-state index contributed by atoms with van der Waals surface area (Å²) in [5.74, 6) is 1.78. The van der Waals surface area contributed by atoms with Gasteiger partial charge in [-0.1, -0.05) is 0 Å². The summed E-state index contributed by atoms with van der Waals surface area (Å²) in [6.07, 6.45) is 1.32. The van der Waals surface area contributed by atoms with Crippen LogP contribution in [0.5, 0.6) is 0 Å². The van der Waals surface area contributed by atoms with Gasteiger partial charge in [0, 0.05) is 11.5 Å². The van der Waals surface area contributed by atoms with Gasteiger partial charge in [0.25, 0.3) is 0 Å². The van der Waals surface area contributed by atoms with Gasteiger partial charge in [-0.15, -0.1) is 0 Å². The van der Waals surface area contributed by atoms with Gasteiger partial charge in [0.15, 0.2) is 0 Å². The van der Waals surface area contributed by atoms with Crippen LogP contribution in [0.1, 0.15) is 6.42 Å². The maximum Gasteiger partial charge on any atom is 0.147 e. The Morgan fingerprint density at radius 2 is 2.45 bits per heavy atom. The molecule has 1 atom stereocenters. The number of thioether (sulfide) groups is 1. The summed E-state index contributed by atoms with van der Waals surface area (Å²) in [6, 6.07) is 0. The predicted octanol–water partition coefficient (Wildman–Crippen LogP) is 0.475. The van der Waals surface area contributed by atoms with Crippen LogP contribution in [-0.2, 0) is 9.47 Å². The molecule has 1 heterocycles. The van der Waals surface area contributed by atoms with E-state index in [9.17, 15) is 0 Å². The van der Waals surface area contributed by atoms with Gasteiger partial charge >= 0.3 is 0 Å². The van der Waals surface area contributed by atoms with E-state index in [0.29, 0.717) is 12.9 Å². The van der Waals surface area contributed by atoms with Gasteiger partial charge in [-0.25, -0.2) is 0 Å². The Bertz CT molecular complexity index is 93.7. The Labute approximate surface area is 71.1 Å². The lowest BCUT2D eigenvalue weighted by molar-refractivity contribution is -0.130. The highest BCUT2D eigenvalue weighted by Crippen LogP contribution is 2.12. The van der Waals surface area contributed by atoms with Crippen LogP contribution >= 0.6 is 11.8 Å². The lowest BCUT2D eigenvalue weighted by Gasteiger charge is -2.22. The van der Waals surface area contributed by atoms with E-state index in [2.05, 4.69) is 0 Å². The van der Waals surface area contributed by atoms with E-state index in [-0.39, 0.29) is 6.61 Å². The number of aliphatic hydroxyl groups excluding tert-OH is 1. The predicted molar refractivity (Wildman–Crippen MR) is 44.7 cm³/mol. The highest BCUT2D eigenvalue weighted by Gasteiger charge is 2.13. The first-order chi connectivity index (χ1) is 5.43. The molecule has 0 bridgehead atoms. The molecule has 0 radical (unpaired) electrons. The maximum atomic E-state index is 8.51. The summed E-state index contributed by atoms with van der Waals surface area (Å²) >= 11 is 1.73. The van der Waals surface area contributed by atoms with Crippen LogP contribution in [0.15, 0.2) is 0 Å². The van der Waals surface area contributed by atoms with Crippen LogP contribution in [0.3, 0.4) is 0 Å². The second kappa shape index (κ2) is 5.83. The van der Waals surface area contributed by atoms with E-state index in [0.717, 1.165) is 24.5 Å². The van der Waals surface area contributed by atoms with E-state index in [1.807, 2.05) is 0 Å². The Morgan fingerprint density at radius 1 is 1.55 bits per heavy atom. The van der Waals surface area contributed by atoms with Gasteiger partial charge in [-0.2, -0.15) is 11.8 Å². The summed E-state index contributed by atoms with van der Waals surface area (Å²) in [5.41, 5.74) is 0. The molecule has 1 fully saturated rings. The van der Waals surface area contributed by atoms with E-state index in [4.69, 9.17) is 14.6 Å². The van der Waals surface area contributed by atoms with Crippen molar-refractivity contribution in [3.63, 3.8) is 0 Å². The van der Waals surface area contributed by atoms with Gasteiger partial charge < -0.3 is 14.6 Å². The quantitative estimate of drug-likeness (QED) is 0.635. The average Bonchev–Trinajstić information content (AvgIpc) is 2.07. The van der Waals surface area contributed by atoms with Gasteiger partial charge in [0.2, 0.25) is 0 Å². The minimum Gasteiger partial charge on any atom is -0.396 e. The van der Waals surface area contributed by atoms with E-state index in [1.54, 1.807) is 11.8 Å². The highest BCUT2D eigenvalue weighted by atomic mass is 32.2. The van der Waals surface area contributed by atoms with Crippen molar-refractivity contribution in [1.29, 1.82) is 0 Å². The summed E-state index contributed by atoms with van der Waals surface area (Å²) in [4.78, 5) is 0. The molecule has 1 unspecified atom stereocenters. The minimum atomic E-state index is 0.258. The molecule has 0 amide bonds.